The molecule has 31 heavy (non-hydrogen) atoms. The van der Waals surface area contributed by atoms with Crippen molar-refractivity contribution in [3.8, 4) is 28.6 Å². The first kappa shape index (κ1) is 20.5. The zero-order valence-electron chi connectivity index (χ0n) is 17.2. The monoisotopic (exact) mass is 411 g/mol. The average molecular weight is 411 g/mol. The third-order valence-electron chi connectivity index (χ3n) is 5.23. The van der Waals surface area contributed by atoms with Crippen molar-refractivity contribution in [2.45, 2.75) is 19.9 Å². The van der Waals surface area contributed by atoms with E-state index in [1.165, 1.54) is 6.07 Å². The fraction of sp³-hybridized carbons (Fsp3) is 0.160. The molecule has 2 aromatic carbocycles. The molecule has 0 unspecified atom stereocenters. The fourth-order valence-electron chi connectivity index (χ4n) is 3.59. The van der Waals surface area contributed by atoms with Gasteiger partial charge in [-0.15, -0.1) is 0 Å². The van der Waals surface area contributed by atoms with Gasteiger partial charge in [0.15, 0.2) is 0 Å². The van der Waals surface area contributed by atoms with Gasteiger partial charge in [-0.1, -0.05) is 24.3 Å². The topological polar surface area (TPSA) is 80.5 Å². The van der Waals surface area contributed by atoms with Crippen LogP contribution < -0.4 is 5.73 Å². The molecular formula is C25H22FN5. The van der Waals surface area contributed by atoms with E-state index in [9.17, 15) is 9.65 Å². The minimum absolute atomic E-state index is 0.305. The van der Waals surface area contributed by atoms with Crippen molar-refractivity contribution in [3.05, 3.63) is 95.3 Å². The molecule has 0 amide bonds. The zero-order chi connectivity index (χ0) is 21.8. The predicted molar refractivity (Wildman–Crippen MR) is 119 cm³/mol. The van der Waals surface area contributed by atoms with Crippen molar-refractivity contribution < 1.29 is 4.39 Å². The number of rotatable bonds is 6. The van der Waals surface area contributed by atoms with Crippen molar-refractivity contribution in [3.63, 3.8) is 0 Å². The standard InChI is InChI=1S/C25H22FN5/c1-17-30-25(22-4-2-3-5-23(22)26)16-31(17)15-20-12-19(13-28)6-8-21(20)24-9-7-18(10-11-27)14-29-24/h2-9,12,14,16H,10-11,15,27H2,1H3. The Balaban J connectivity index is 1.72. The van der Waals surface area contributed by atoms with Crippen molar-refractivity contribution >= 4 is 0 Å². The molecule has 0 radical (unpaired) electrons. The Morgan fingerprint density at radius 3 is 2.61 bits per heavy atom. The molecule has 0 aliphatic carbocycles. The first-order chi connectivity index (χ1) is 15.1. The smallest absolute Gasteiger partial charge is 0.132 e. The van der Waals surface area contributed by atoms with E-state index in [-0.39, 0.29) is 5.82 Å². The summed E-state index contributed by atoms with van der Waals surface area (Å²) in [7, 11) is 0. The first-order valence-corrected chi connectivity index (χ1v) is 10.1. The number of nitrogens with zero attached hydrogens (tertiary/aromatic N) is 4. The second kappa shape index (κ2) is 8.90. The summed E-state index contributed by atoms with van der Waals surface area (Å²) < 4.78 is 16.2. The molecule has 0 fully saturated rings. The van der Waals surface area contributed by atoms with Crippen LogP contribution in [0.25, 0.3) is 22.5 Å². The zero-order valence-corrected chi connectivity index (χ0v) is 17.2. The molecule has 2 aromatic heterocycles. The van der Waals surface area contributed by atoms with E-state index in [1.54, 1.807) is 24.3 Å². The molecule has 0 spiro atoms. The lowest BCUT2D eigenvalue weighted by Gasteiger charge is -2.12. The van der Waals surface area contributed by atoms with Crippen molar-refractivity contribution in [2.24, 2.45) is 5.73 Å². The van der Waals surface area contributed by atoms with Gasteiger partial charge in [-0.3, -0.25) is 4.98 Å². The molecular weight excluding hydrogens is 389 g/mol. The van der Waals surface area contributed by atoms with Crippen LogP contribution in [0, 0.1) is 24.1 Å². The average Bonchev–Trinajstić information content (AvgIpc) is 3.15. The van der Waals surface area contributed by atoms with E-state index >= 15 is 0 Å². The molecule has 6 heteroatoms. The molecule has 4 aromatic rings. The van der Waals surface area contributed by atoms with Crippen LogP contribution >= 0.6 is 0 Å². The van der Waals surface area contributed by atoms with Gasteiger partial charge in [-0.25, -0.2) is 9.37 Å². The molecule has 0 atom stereocenters. The van der Waals surface area contributed by atoms with Gasteiger partial charge < -0.3 is 10.3 Å². The molecule has 0 saturated carbocycles. The summed E-state index contributed by atoms with van der Waals surface area (Å²) in [5, 5.41) is 9.38. The highest BCUT2D eigenvalue weighted by molar-refractivity contribution is 5.65. The van der Waals surface area contributed by atoms with Crippen LogP contribution in [0.15, 0.2) is 67.0 Å². The van der Waals surface area contributed by atoms with Gasteiger partial charge in [-0.2, -0.15) is 5.26 Å². The van der Waals surface area contributed by atoms with Crippen LogP contribution in [0.4, 0.5) is 4.39 Å². The van der Waals surface area contributed by atoms with Gasteiger partial charge in [0.2, 0.25) is 0 Å². The highest BCUT2D eigenvalue weighted by Crippen LogP contribution is 2.27. The Hall–Kier alpha value is -3.82. The maximum Gasteiger partial charge on any atom is 0.132 e. The summed E-state index contributed by atoms with van der Waals surface area (Å²) in [6.45, 7) is 2.95. The minimum Gasteiger partial charge on any atom is -0.330 e. The molecule has 4 rings (SSSR count). The van der Waals surface area contributed by atoms with Gasteiger partial charge in [0.1, 0.15) is 11.6 Å². The second-order valence-corrected chi connectivity index (χ2v) is 7.36. The summed E-state index contributed by atoms with van der Waals surface area (Å²) in [5.41, 5.74) is 11.0. The number of aryl methyl sites for hydroxylation is 1. The largest absolute Gasteiger partial charge is 0.330 e. The number of aromatic nitrogens is 3. The van der Waals surface area contributed by atoms with Crippen molar-refractivity contribution in [1.29, 1.82) is 5.26 Å². The lowest BCUT2D eigenvalue weighted by molar-refractivity contribution is 0.631. The van der Waals surface area contributed by atoms with E-state index in [4.69, 9.17) is 5.73 Å². The van der Waals surface area contributed by atoms with Gasteiger partial charge in [0.05, 0.1) is 23.0 Å². The number of hydrogen-bond acceptors (Lipinski definition) is 4. The van der Waals surface area contributed by atoms with E-state index in [1.807, 2.05) is 48.1 Å². The Labute approximate surface area is 180 Å². The number of nitriles is 1. The fourth-order valence-corrected chi connectivity index (χ4v) is 3.59. The van der Waals surface area contributed by atoms with Crippen LogP contribution in [0.2, 0.25) is 0 Å². The molecule has 2 N–H and O–H groups in total. The second-order valence-electron chi connectivity index (χ2n) is 7.36. The summed E-state index contributed by atoms with van der Waals surface area (Å²) in [6.07, 6.45) is 4.46. The molecule has 0 aliphatic rings. The molecule has 0 saturated heterocycles. The van der Waals surface area contributed by atoms with Crippen LogP contribution in [0.3, 0.4) is 0 Å². The van der Waals surface area contributed by atoms with Gasteiger partial charge >= 0.3 is 0 Å². The number of imidazole rings is 1. The maximum absolute atomic E-state index is 14.2. The van der Waals surface area contributed by atoms with Crippen LogP contribution in [-0.2, 0) is 13.0 Å². The van der Waals surface area contributed by atoms with Crippen LogP contribution in [0.5, 0.6) is 0 Å². The SMILES string of the molecule is Cc1nc(-c2ccccc2F)cn1Cc1cc(C#N)ccc1-c1ccc(CCN)cn1. The maximum atomic E-state index is 14.2. The molecule has 154 valence electrons. The van der Waals surface area contributed by atoms with E-state index in [0.29, 0.717) is 29.9 Å². The summed E-state index contributed by atoms with van der Waals surface area (Å²) in [6, 6.07) is 18.4. The molecule has 0 bridgehead atoms. The summed E-state index contributed by atoms with van der Waals surface area (Å²) in [5.74, 6) is 0.457. The van der Waals surface area contributed by atoms with E-state index < -0.39 is 0 Å². The highest BCUT2D eigenvalue weighted by atomic mass is 19.1. The number of benzene rings is 2. The minimum atomic E-state index is -0.305. The number of nitrogens with two attached hydrogens (primary N) is 1. The van der Waals surface area contributed by atoms with Crippen molar-refractivity contribution in [1.82, 2.24) is 14.5 Å². The van der Waals surface area contributed by atoms with Gasteiger partial charge in [-0.05, 0) is 61.3 Å². The number of hydrogen-bond donors (Lipinski definition) is 1. The predicted octanol–water partition coefficient (Wildman–Crippen LogP) is 4.48. The third kappa shape index (κ3) is 4.37. The first-order valence-electron chi connectivity index (χ1n) is 10.1. The Bertz CT molecular complexity index is 1250. The van der Waals surface area contributed by atoms with Gasteiger partial charge in [0, 0.05) is 30.1 Å². The molecule has 0 aliphatic heterocycles. The van der Waals surface area contributed by atoms with Crippen LogP contribution in [0.1, 0.15) is 22.5 Å². The lowest BCUT2D eigenvalue weighted by atomic mass is 10.0. The number of halogens is 1. The summed E-state index contributed by atoms with van der Waals surface area (Å²) >= 11 is 0. The Kier molecular flexibility index (Phi) is 5.87. The lowest BCUT2D eigenvalue weighted by Crippen LogP contribution is -2.04. The molecule has 5 nitrogen and oxygen atoms in total. The van der Waals surface area contributed by atoms with Crippen molar-refractivity contribution in [2.75, 3.05) is 6.54 Å². The normalized spacial score (nSPS) is 10.8. The Morgan fingerprint density at radius 1 is 1.06 bits per heavy atom. The highest BCUT2D eigenvalue weighted by Gasteiger charge is 2.14. The molecule has 2 heterocycles. The third-order valence-corrected chi connectivity index (χ3v) is 5.23. The van der Waals surface area contributed by atoms with E-state index in [2.05, 4.69) is 16.0 Å². The van der Waals surface area contributed by atoms with E-state index in [0.717, 1.165) is 34.6 Å². The number of pyridine rings is 1. The Morgan fingerprint density at radius 2 is 1.90 bits per heavy atom. The van der Waals surface area contributed by atoms with Crippen LogP contribution in [-0.4, -0.2) is 21.1 Å². The summed E-state index contributed by atoms with van der Waals surface area (Å²) in [4.78, 5) is 9.14. The quantitative estimate of drug-likeness (QED) is 0.507. The van der Waals surface area contributed by atoms with Gasteiger partial charge in [0.25, 0.3) is 0 Å².